The maximum absolute atomic E-state index is 12.0. The quantitative estimate of drug-likeness (QED) is 0.543. The third-order valence-electron chi connectivity index (χ3n) is 5.49. The van der Waals surface area contributed by atoms with Crippen LogP contribution in [-0.4, -0.2) is 22.6 Å². The molecule has 2 fully saturated rings. The van der Waals surface area contributed by atoms with Crippen molar-refractivity contribution in [3.05, 3.63) is 48.8 Å². The molecule has 0 spiro atoms. The van der Waals surface area contributed by atoms with E-state index >= 15 is 0 Å². The lowest BCUT2D eigenvalue weighted by Crippen LogP contribution is -2.29. The van der Waals surface area contributed by atoms with E-state index in [1.165, 1.54) is 63.1 Å². The molecule has 0 aromatic carbocycles. The van der Waals surface area contributed by atoms with Crippen molar-refractivity contribution in [2.24, 2.45) is 5.92 Å². The van der Waals surface area contributed by atoms with Crippen molar-refractivity contribution in [1.29, 1.82) is 0 Å². The van der Waals surface area contributed by atoms with Crippen LogP contribution in [-0.2, 0) is 0 Å². The van der Waals surface area contributed by atoms with Gasteiger partial charge in [0.2, 0.25) is 5.95 Å². The number of nitrogen functional groups attached to an aromatic ring is 2. The molecule has 5 nitrogen and oxygen atoms in total. The lowest BCUT2D eigenvalue weighted by atomic mass is 10.1. The number of hydrogen-bond donors (Lipinski definition) is 2. The van der Waals surface area contributed by atoms with Crippen molar-refractivity contribution in [3.63, 3.8) is 0 Å². The normalized spacial score (nSPS) is 20.2. The molecule has 0 bridgehead atoms. The van der Waals surface area contributed by atoms with Gasteiger partial charge in [-0.25, -0.2) is 9.97 Å². The van der Waals surface area contributed by atoms with Gasteiger partial charge in [0, 0.05) is 18.5 Å². The minimum Gasteiger partial charge on any atom is -0.384 e. The lowest BCUT2D eigenvalue weighted by molar-refractivity contribution is 0.537. The largest absolute Gasteiger partial charge is 0.384 e. The molecule has 4 N–H and O–H groups in total. The van der Waals surface area contributed by atoms with Gasteiger partial charge in [0.1, 0.15) is 17.5 Å². The summed E-state index contributed by atoms with van der Waals surface area (Å²) in [6, 6.07) is 10.8. The van der Waals surface area contributed by atoms with Crippen molar-refractivity contribution in [1.82, 2.24) is 9.97 Å². The fourth-order valence-corrected chi connectivity index (χ4v) is 3.78. The van der Waals surface area contributed by atoms with Gasteiger partial charge in [0.25, 0.3) is 0 Å². The number of nitrogens with two attached hydrogens (primary N) is 2. The van der Waals surface area contributed by atoms with Crippen LogP contribution in [0.15, 0.2) is 36.4 Å². The van der Waals surface area contributed by atoms with Gasteiger partial charge in [0.05, 0.1) is 19.3 Å². The Morgan fingerprint density at radius 1 is 1.03 bits per heavy atom. The molecule has 1 saturated carbocycles. The second kappa shape index (κ2) is 12.1. The zero-order chi connectivity index (χ0) is 21.1. The Kier molecular flexibility index (Phi) is 9.54. The van der Waals surface area contributed by atoms with Gasteiger partial charge in [-0.3, -0.25) is 0 Å². The van der Waals surface area contributed by atoms with Crippen LogP contribution >= 0.6 is 0 Å². The highest BCUT2D eigenvalue weighted by Gasteiger charge is 2.23. The van der Waals surface area contributed by atoms with E-state index in [2.05, 4.69) is 35.1 Å². The Hall–Kier alpha value is -2.50. The number of rotatable bonds is 3. The molecule has 0 radical (unpaired) electrons. The molecule has 2 aromatic rings. The van der Waals surface area contributed by atoms with Crippen LogP contribution in [0, 0.1) is 18.3 Å². The maximum atomic E-state index is 12.0. The molecule has 2 aromatic heterocycles. The predicted octanol–water partition coefficient (Wildman–Crippen LogP) is 5.25. The monoisotopic (exact) mass is 400 g/mol. The first-order valence-electron chi connectivity index (χ1n) is 10.7. The van der Waals surface area contributed by atoms with Crippen LogP contribution in [0.3, 0.4) is 0 Å². The molecular weight excluding hydrogens is 365 g/mol. The first-order valence-corrected chi connectivity index (χ1v) is 10.7. The number of anilines is 3. The van der Waals surface area contributed by atoms with Crippen molar-refractivity contribution in [2.75, 3.05) is 22.9 Å². The van der Waals surface area contributed by atoms with Crippen LogP contribution in [0.2, 0.25) is 0 Å². The standard InChI is InChI=1S/C11H17N3.C7H13.C5H5FN2/c1-2-9-5-4-8-14(9)11-7-3-6-10(12)13-11;1-2-7-5-3-4-6-7;6-4-2-1-3-5(7)8-4/h3,6-7,9H,2,4-5,8H2,1H3,(H2,12,13);3,7H,2,4-6H2,1H3;1-3H,(H2,7,8)/q;+1;. The Labute approximate surface area is 174 Å². The molecule has 2 aliphatic rings. The van der Waals surface area contributed by atoms with E-state index in [0.29, 0.717) is 11.9 Å². The summed E-state index contributed by atoms with van der Waals surface area (Å²) in [6.45, 7) is 5.63. The summed E-state index contributed by atoms with van der Waals surface area (Å²) in [7, 11) is 0. The first-order chi connectivity index (χ1) is 14.0. The Bertz CT molecular complexity index is 701. The van der Waals surface area contributed by atoms with Gasteiger partial charge in [-0.2, -0.15) is 4.39 Å². The van der Waals surface area contributed by atoms with Gasteiger partial charge in [-0.15, -0.1) is 0 Å². The van der Waals surface area contributed by atoms with Crippen LogP contribution in [0.25, 0.3) is 0 Å². The second-order valence-electron chi connectivity index (χ2n) is 7.58. The number of aromatic nitrogens is 2. The maximum Gasteiger partial charge on any atom is 0.214 e. The summed E-state index contributed by atoms with van der Waals surface area (Å²) in [6.07, 6.45) is 11.8. The minimum atomic E-state index is -0.537. The van der Waals surface area contributed by atoms with E-state index in [-0.39, 0.29) is 5.82 Å². The highest BCUT2D eigenvalue weighted by Crippen LogP contribution is 2.26. The highest BCUT2D eigenvalue weighted by molar-refractivity contribution is 5.46. The fraction of sp³-hybridized carbons (Fsp3) is 0.522. The fourth-order valence-electron chi connectivity index (χ4n) is 3.78. The third kappa shape index (κ3) is 7.80. The summed E-state index contributed by atoms with van der Waals surface area (Å²) in [5.74, 6) is 2.37. The van der Waals surface area contributed by atoms with E-state index < -0.39 is 5.95 Å². The van der Waals surface area contributed by atoms with Gasteiger partial charge in [0.15, 0.2) is 0 Å². The molecule has 3 heterocycles. The highest BCUT2D eigenvalue weighted by atomic mass is 19.1. The summed E-state index contributed by atoms with van der Waals surface area (Å²) in [5.41, 5.74) is 10.8. The molecule has 29 heavy (non-hydrogen) atoms. The topological polar surface area (TPSA) is 81.1 Å². The van der Waals surface area contributed by atoms with Gasteiger partial charge in [-0.1, -0.05) is 26.0 Å². The number of pyridine rings is 2. The van der Waals surface area contributed by atoms with Crippen molar-refractivity contribution >= 4 is 17.5 Å². The predicted molar refractivity (Wildman–Crippen MR) is 120 cm³/mol. The molecule has 6 heteroatoms. The van der Waals surface area contributed by atoms with Crippen LogP contribution in [0.1, 0.15) is 58.8 Å². The SMILES string of the molecule is CCC1CCCN1c1cccc(N)n1.CCC1C[CH+]CC1.Nc1cccc(F)n1. The molecule has 4 rings (SSSR count). The summed E-state index contributed by atoms with van der Waals surface area (Å²) in [5, 5.41) is 0. The lowest BCUT2D eigenvalue weighted by Gasteiger charge is -2.24. The Morgan fingerprint density at radius 3 is 2.24 bits per heavy atom. The number of halogens is 1. The molecule has 0 amide bonds. The average Bonchev–Trinajstić information content (AvgIpc) is 3.40. The van der Waals surface area contributed by atoms with E-state index in [0.717, 1.165) is 18.3 Å². The van der Waals surface area contributed by atoms with Crippen LogP contribution in [0.5, 0.6) is 0 Å². The van der Waals surface area contributed by atoms with Crippen LogP contribution in [0.4, 0.5) is 21.8 Å². The van der Waals surface area contributed by atoms with Gasteiger partial charge in [-0.05, 0) is 56.4 Å². The van der Waals surface area contributed by atoms with Gasteiger partial charge >= 0.3 is 0 Å². The number of nitrogens with zero attached hydrogens (tertiary/aromatic N) is 3. The van der Waals surface area contributed by atoms with E-state index in [1.807, 2.05) is 18.2 Å². The molecular formula is C23H35FN5+. The zero-order valence-electron chi connectivity index (χ0n) is 17.7. The molecule has 2 unspecified atom stereocenters. The molecule has 2 atom stereocenters. The summed E-state index contributed by atoms with van der Waals surface area (Å²) in [4.78, 5) is 10.0. The summed E-state index contributed by atoms with van der Waals surface area (Å²) < 4.78 is 12.0. The van der Waals surface area contributed by atoms with Gasteiger partial charge < -0.3 is 16.4 Å². The van der Waals surface area contributed by atoms with Crippen LogP contribution < -0.4 is 16.4 Å². The zero-order valence-corrected chi connectivity index (χ0v) is 17.7. The second-order valence-corrected chi connectivity index (χ2v) is 7.58. The molecule has 1 aliphatic carbocycles. The Morgan fingerprint density at radius 2 is 1.76 bits per heavy atom. The van der Waals surface area contributed by atoms with E-state index in [4.69, 9.17) is 11.5 Å². The van der Waals surface area contributed by atoms with E-state index in [1.54, 1.807) is 0 Å². The number of hydrogen-bond acceptors (Lipinski definition) is 5. The minimum absolute atomic E-state index is 0.213. The summed E-state index contributed by atoms with van der Waals surface area (Å²) >= 11 is 0. The van der Waals surface area contributed by atoms with Crippen molar-refractivity contribution < 1.29 is 4.39 Å². The average molecular weight is 401 g/mol. The first kappa shape index (κ1) is 22.8. The smallest absolute Gasteiger partial charge is 0.214 e. The Balaban J connectivity index is 0.000000170. The van der Waals surface area contributed by atoms with Crippen molar-refractivity contribution in [3.8, 4) is 0 Å². The molecule has 158 valence electrons. The molecule has 1 saturated heterocycles. The molecule has 1 aliphatic heterocycles. The van der Waals surface area contributed by atoms with E-state index in [9.17, 15) is 4.39 Å². The van der Waals surface area contributed by atoms with Crippen molar-refractivity contribution in [2.45, 2.75) is 64.8 Å². The third-order valence-corrected chi connectivity index (χ3v) is 5.49.